The van der Waals surface area contributed by atoms with E-state index < -0.39 is 11.6 Å². The second-order valence-electron chi connectivity index (χ2n) is 5.45. The number of fused-ring (bicyclic) bond motifs is 1. The quantitative estimate of drug-likeness (QED) is 0.617. The molecule has 0 atom stereocenters. The minimum Gasteiger partial charge on any atom is -0.462 e. The first-order valence-corrected chi connectivity index (χ1v) is 8.59. The SMILES string of the molecule is CCOC(=O)c1c(NC(=O)C[n+]2cc(=O)o[nH]2)sc2c1CCCC2. The van der Waals surface area contributed by atoms with Gasteiger partial charge in [0.05, 0.1) is 12.2 Å². The van der Waals surface area contributed by atoms with Gasteiger partial charge in [0.2, 0.25) is 0 Å². The van der Waals surface area contributed by atoms with E-state index in [2.05, 4.69) is 15.1 Å². The predicted octanol–water partition coefficient (Wildman–Crippen LogP) is 1.01. The average Bonchev–Trinajstić information content (AvgIpc) is 3.10. The fraction of sp³-hybridized carbons (Fsp3) is 0.467. The maximum atomic E-state index is 12.3. The molecule has 9 heteroatoms. The first-order chi connectivity index (χ1) is 11.6. The van der Waals surface area contributed by atoms with Crippen LogP contribution in [0.4, 0.5) is 5.00 Å². The fourth-order valence-electron chi connectivity index (χ4n) is 2.76. The maximum Gasteiger partial charge on any atom is 0.426 e. The van der Waals surface area contributed by atoms with Gasteiger partial charge >= 0.3 is 11.6 Å². The smallest absolute Gasteiger partial charge is 0.426 e. The lowest BCUT2D eigenvalue weighted by Gasteiger charge is -2.12. The second kappa shape index (κ2) is 7.00. The monoisotopic (exact) mass is 352 g/mol. The Kier molecular flexibility index (Phi) is 4.79. The molecule has 24 heavy (non-hydrogen) atoms. The zero-order valence-corrected chi connectivity index (χ0v) is 14.0. The number of aromatic amines is 1. The van der Waals surface area contributed by atoms with Gasteiger partial charge in [-0.25, -0.2) is 9.59 Å². The predicted molar refractivity (Wildman–Crippen MR) is 85.1 cm³/mol. The third-order valence-corrected chi connectivity index (χ3v) is 4.95. The number of nitrogens with one attached hydrogen (secondary N) is 2. The number of nitrogens with zero attached hydrogens (tertiary/aromatic N) is 1. The van der Waals surface area contributed by atoms with Gasteiger partial charge in [0.15, 0.2) is 0 Å². The number of hydrogen-bond donors (Lipinski definition) is 2. The molecule has 0 unspecified atom stereocenters. The molecular weight excluding hydrogens is 334 g/mol. The topological polar surface area (TPSA) is 105 Å². The largest absolute Gasteiger partial charge is 0.462 e. The molecule has 0 fully saturated rings. The van der Waals surface area contributed by atoms with Gasteiger partial charge in [-0.2, -0.15) is 0 Å². The number of H-pyrrole nitrogens is 1. The molecule has 0 aromatic carbocycles. The molecule has 0 aliphatic heterocycles. The molecule has 2 aromatic heterocycles. The number of esters is 1. The number of carbonyl (C=O) groups excluding carboxylic acids is 2. The van der Waals surface area contributed by atoms with Crippen molar-refractivity contribution >= 4 is 28.2 Å². The van der Waals surface area contributed by atoms with E-state index in [1.54, 1.807) is 6.92 Å². The van der Waals surface area contributed by atoms with Crippen molar-refractivity contribution in [2.24, 2.45) is 0 Å². The molecule has 0 radical (unpaired) electrons. The number of amides is 1. The molecule has 0 bridgehead atoms. The van der Waals surface area contributed by atoms with Crippen LogP contribution in [0.1, 0.15) is 40.6 Å². The van der Waals surface area contributed by atoms with E-state index in [-0.39, 0.29) is 19.1 Å². The summed E-state index contributed by atoms with van der Waals surface area (Å²) < 4.78 is 10.9. The number of anilines is 1. The Labute approximate surface area is 141 Å². The molecular formula is C15H18N3O5S+. The summed E-state index contributed by atoms with van der Waals surface area (Å²) >= 11 is 1.42. The van der Waals surface area contributed by atoms with E-state index in [1.165, 1.54) is 16.0 Å². The summed E-state index contributed by atoms with van der Waals surface area (Å²) in [5.74, 6) is -0.766. The minimum absolute atomic E-state index is 0.115. The number of aromatic nitrogens is 2. The van der Waals surface area contributed by atoms with E-state index in [9.17, 15) is 14.4 Å². The highest BCUT2D eigenvalue weighted by molar-refractivity contribution is 7.17. The third kappa shape index (κ3) is 3.40. The van der Waals surface area contributed by atoms with Crippen LogP contribution >= 0.6 is 11.3 Å². The molecule has 2 aromatic rings. The zero-order chi connectivity index (χ0) is 17.1. The second-order valence-corrected chi connectivity index (χ2v) is 6.56. The molecule has 0 spiro atoms. The molecule has 0 saturated carbocycles. The molecule has 3 rings (SSSR count). The third-order valence-electron chi connectivity index (χ3n) is 3.74. The summed E-state index contributed by atoms with van der Waals surface area (Å²) in [7, 11) is 0. The van der Waals surface area contributed by atoms with Crippen molar-refractivity contribution in [1.29, 1.82) is 0 Å². The van der Waals surface area contributed by atoms with Crippen LogP contribution in [-0.4, -0.2) is 23.8 Å². The Morgan fingerprint density at radius 3 is 2.92 bits per heavy atom. The highest BCUT2D eigenvalue weighted by Crippen LogP contribution is 2.38. The standard InChI is InChI=1S/C15H17N3O5S/c1-2-22-15(21)13-9-5-3-4-6-10(9)24-14(13)16-11(19)7-18-8-12(20)23-17-18/h8H,2-7H2,1H3,(H-,16,17,19,20,21)/p+1. The number of carbonyl (C=O) groups is 2. The number of thiophene rings is 1. The summed E-state index contributed by atoms with van der Waals surface area (Å²) in [6, 6.07) is 0. The van der Waals surface area contributed by atoms with E-state index >= 15 is 0 Å². The van der Waals surface area contributed by atoms with Gasteiger partial charge in [-0.05, 0) is 43.4 Å². The van der Waals surface area contributed by atoms with E-state index in [0.717, 1.165) is 42.3 Å². The van der Waals surface area contributed by atoms with Gasteiger partial charge in [0, 0.05) is 4.88 Å². The van der Waals surface area contributed by atoms with Crippen LogP contribution in [0.25, 0.3) is 0 Å². The number of hydrogen-bond acceptors (Lipinski definition) is 6. The molecule has 1 amide bonds. The highest BCUT2D eigenvalue weighted by atomic mass is 32.1. The van der Waals surface area contributed by atoms with Crippen LogP contribution in [0, 0.1) is 0 Å². The van der Waals surface area contributed by atoms with E-state index in [1.807, 2.05) is 0 Å². The molecule has 0 saturated heterocycles. The first-order valence-electron chi connectivity index (χ1n) is 7.78. The van der Waals surface area contributed by atoms with Crippen molar-refractivity contribution in [2.75, 3.05) is 11.9 Å². The van der Waals surface area contributed by atoms with Crippen molar-refractivity contribution in [3.8, 4) is 0 Å². The van der Waals surface area contributed by atoms with Crippen molar-refractivity contribution in [2.45, 2.75) is 39.2 Å². The highest BCUT2D eigenvalue weighted by Gasteiger charge is 2.28. The summed E-state index contributed by atoms with van der Waals surface area (Å²) in [6.07, 6.45) is 4.97. The molecule has 1 aliphatic carbocycles. The number of rotatable bonds is 5. The zero-order valence-electron chi connectivity index (χ0n) is 13.2. The van der Waals surface area contributed by atoms with Crippen LogP contribution < -0.4 is 15.6 Å². The van der Waals surface area contributed by atoms with Crippen LogP contribution in [0.3, 0.4) is 0 Å². The molecule has 2 heterocycles. The lowest BCUT2D eigenvalue weighted by Crippen LogP contribution is -2.41. The van der Waals surface area contributed by atoms with Gasteiger partial charge in [-0.1, -0.05) is 4.68 Å². The van der Waals surface area contributed by atoms with Gasteiger partial charge < -0.3 is 10.1 Å². The fourth-order valence-corrected chi connectivity index (χ4v) is 4.05. The van der Waals surface area contributed by atoms with Crippen molar-refractivity contribution < 1.29 is 23.5 Å². The normalized spacial score (nSPS) is 13.4. The molecule has 8 nitrogen and oxygen atoms in total. The van der Waals surface area contributed by atoms with Gasteiger partial charge in [0.1, 0.15) is 5.00 Å². The molecule has 1 aliphatic rings. The van der Waals surface area contributed by atoms with Crippen LogP contribution in [-0.2, 0) is 28.9 Å². The first kappa shape index (κ1) is 16.4. The number of ether oxygens (including phenoxy) is 1. The van der Waals surface area contributed by atoms with E-state index in [0.29, 0.717) is 10.6 Å². The summed E-state index contributed by atoms with van der Waals surface area (Å²) in [5, 5.41) is 5.58. The van der Waals surface area contributed by atoms with Crippen molar-refractivity contribution in [3.63, 3.8) is 0 Å². The average molecular weight is 352 g/mol. The Balaban J connectivity index is 1.83. The Morgan fingerprint density at radius 2 is 2.21 bits per heavy atom. The Bertz CT molecular complexity index is 819. The number of aryl methyl sites for hydroxylation is 1. The molecule has 2 N–H and O–H groups in total. The minimum atomic E-state index is -0.568. The van der Waals surface area contributed by atoms with Crippen molar-refractivity contribution in [1.82, 2.24) is 5.27 Å². The van der Waals surface area contributed by atoms with Gasteiger partial charge in [-0.15, -0.1) is 11.3 Å². The lowest BCUT2D eigenvalue weighted by molar-refractivity contribution is -0.750. The summed E-state index contributed by atoms with van der Waals surface area (Å²) in [5.41, 5.74) is 0.890. The molecule has 128 valence electrons. The summed E-state index contributed by atoms with van der Waals surface area (Å²) in [4.78, 5) is 36.6. The Hall–Kier alpha value is -2.42. The van der Waals surface area contributed by atoms with Crippen molar-refractivity contribution in [3.05, 3.63) is 32.6 Å². The van der Waals surface area contributed by atoms with Crippen LogP contribution in [0.5, 0.6) is 0 Å². The Morgan fingerprint density at radius 1 is 1.42 bits per heavy atom. The summed E-state index contributed by atoms with van der Waals surface area (Å²) in [6.45, 7) is 1.92. The van der Waals surface area contributed by atoms with Gasteiger partial charge in [0.25, 0.3) is 18.6 Å². The maximum absolute atomic E-state index is 12.3. The lowest BCUT2D eigenvalue weighted by atomic mass is 9.95. The van der Waals surface area contributed by atoms with Crippen LogP contribution in [0.2, 0.25) is 0 Å². The van der Waals surface area contributed by atoms with Gasteiger partial charge in [-0.3, -0.25) is 9.32 Å². The van der Waals surface area contributed by atoms with E-state index in [4.69, 9.17) is 4.74 Å². The van der Waals surface area contributed by atoms with Crippen LogP contribution in [0.15, 0.2) is 15.5 Å².